The van der Waals surface area contributed by atoms with Gasteiger partial charge in [-0.2, -0.15) is 0 Å². The SMILES string of the molecule is COc1ccccc1C1/C(=C(\[O-])c2ccc(OC(C)C)cc2)C(=O)C(=O)N1CC[NH+](C)C. The third-order valence-corrected chi connectivity index (χ3v) is 5.30. The molecule has 0 aromatic heterocycles. The van der Waals surface area contributed by atoms with Crippen molar-refractivity contribution < 1.29 is 29.1 Å². The summed E-state index contributed by atoms with van der Waals surface area (Å²) in [4.78, 5) is 28.6. The average molecular weight is 439 g/mol. The van der Waals surface area contributed by atoms with Crippen LogP contribution >= 0.6 is 0 Å². The molecule has 0 saturated carbocycles. The number of ketones is 1. The summed E-state index contributed by atoms with van der Waals surface area (Å²) in [7, 11) is 5.47. The van der Waals surface area contributed by atoms with Gasteiger partial charge >= 0.3 is 0 Å². The number of rotatable bonds is 8. The fourth-order valence-corrected chi connectivity index (χ4v) is 3.77. The number of amides is 1. The van der Waals surface area contributed by atoms with E-state index in [1.807, 2.05) is 34.0 Å². The smallest absolute Gasteiger partial charge is 0.295 e. The summed E-state index contributed by atoms with van der Waals surface area (Å²) >= 11 is 0. The lowest BCUT2D eigenvalue weighted by Gasteiger charge is -2.28. The lowest BCUT2D eigenvalue weighted by Crippen LogP contribution is -3.06. The lowest BCUT2D eigenvalue weighted by molar-refractivity contribution is -0.857. The minimum atomic E-state index is -0.801. The van der Waals surface area contributed by atoms with Gasteiger partial charge in [0.05, 0.1) is 46.4 Å². The Morgan fingerprint density at radius 3 is 2.34 bits per heavy atom. The number of nitrogens with one attached hydrogen (secondary N) is 1. The maximum absolute atomic E-state index is 13.5. The van der Waals surface area contributed by atoms with Crippen molar-refractivity contribution in [2.45, 2.75) is 26.0 Å². The Bertz CT molecular complexity index is 1010. The first-order valence-electron chi connectivity index (χ1n) is 10.7. The van der Waals surface area contributed by atoms with E-state index in [9.17, 15) is 14.7 Å². The molecule has 1 unspecified atom stereocenters. The summed E-state index contributed by atoms with van der Waals surface area (Å²) in [5, 5.41) is 13.5. The topological polar surface area (TPSA) is 83.3 Å². The second-order valence-corrected chi connectivity index (χ2v) is 8.36. The van der Waals surface area contributed by atoms with Gasteiger partial charge in [-0.05, 0) is 37.6 Å². The lowest BCUT2D eigenvalue weighted by atomic mass is 9.94. The van der Waals surface area contributed by atoms with Gasteiger partial charge in [0.15, 0.2) is 0 Å². The number of benzene rings is 2. The zero-order chi connectivity index (χ0) is 23.4. The summed E-state index contributed by atoms with van der Waals surface area (Å²) in [6, 6.07) is 13.0. The molecule has 1 N–H and O–H groups in total. The Labute approximate surface area is 188 Å². The van der Waals surface area contributed by atoms with E-state index < -0.39 is 23.5 Å². The first kappa shape index (κ1) is 23.3. The number of quaternary nitrogens is 1. The van der Waals surface area contributed by atoms with Crippen LogP contribution in [-0.4, -0.2) is 57.0 Å². The van der Waals surface area contributed by atoms with E-state index in [2.05, 4.69) is 0 Å². The Hall–Kier alpha value is -3.32. The number of likely N-dealkylation sites (N-methyl/N-ethyl adjacent to an activating group) is 1. The molecule has 7 heteroatoms. The monoisotopic (exact) mass is 438 g/mol. The quantitative estimate of drug-likeness (QED) is 0.375. The van der Waals surface area contributed by atoms with E-state index in [4.69, 9.17) is 9.47 Å². The molecule has 7 nitrogen and oxygen atoms in total. The predicted molar refractivity (Wildman–Crippen MR) is 119 cm³/mol. The molecule has 0 aliphatic carbocycles. The highest BCUT2D eigenvalue weighted by Crippen LogP contribution is 2.41. The molecule has 3 rings (SSSR count). The summed E-state index contributed by atoms with van der Waals surface area (Å²) < 4.78 is 11.1. The highest BCUT2D eigenvalue weighted by molar-refractivity contribution is 6.46. The van der Waals surface area contributed by atoms with Crippen LogP contribution in [0.1, 0.15) is 31.0 Å². The zero-order valence-electron chi connectivity index (χ0n) is 19.2. The molecular formula is C25H30N2O5. The Morgan fingerprint density at radius 1 is 1.09 bits per heavy atom. The first-order chi connectivity index (χ1) is 15.2. The summed E-state index contributed by atoms with van der Waals surface area (Å²) in [6.45, 7) is 4.81. The number of ether oxygens (including phenoxy) is 2. The minimum Gasteiger partial charge on any atom is -0.872 e. The third-order valence-electron chi connectivity index (χ3n) is 5.30. The van der Waals surface area contributed by atoms with Gasteiger partial charge in [-0.25, -0.2) is 0 Å². The molecule has 1 amide bonds. The molecule has 32 heavy (non-hydrogen) atoms. The van der Waals surface area contributed by atoms with Gasteiger partial charge in [0.1, 0.15) is 11.5 Å². The maximum atomic E-state index is 13.5. The number of hydrogen-bond donors (Lipinski definition) is 1. The number of hydrogen-bond acceptors (Lipinski definition) is 5. The average Bonchev–Trinajstić information content (AvgIpc) is 3.01. The molecular weight excluding hydrogens is 408 g/mol. The van der Waals surface area contributed by atoms with E-state index in [1.165, 1.54) is 12.0 Å². The Morgan fingerprint density at radius 2 is 1.75 bits per heavy atom. The summed E-state index contributed by atoms with van der Waals surface area (Å²) in [6.07, 6.45) is 0.00210. The van der Waals surface area contributed by atoms with Crippen molar-refractivity contribution in [1.29, 1.82) is 0 Å². The van der Waals surface area contributed by atoms with E-state index in [0.29, 0.717) is 35.7 Å². The second kappa shape index (κ2) is 9.87. The number of para-hydroxylation sites is 1. The molecule has 1 aliphatic heterocycles. The van der Waals surface area contributed by atoms with Crippen LogP contribution in [0, 0.1) is 0 Å². The van der Waals surface area contributed by atoms with Crippen molar-refractivity contribution in [2.24, 2.45) is 0 Å². The van der Waals surface area contributed by atoms with Crippen LogP contribution in [0.5, 0.6) is 11.5 Å². The van der Waals surface area contributed by atoms with Crippen LogP contribution in [0.4, 0.5) is 0 Å². The molecule has 1 aliphatic rings. The molecule has 1 atom stereocenters. The highest BCUT2D eigenvalue weighted by Gasteiger charge is 2.45. The number of likely N-dealkylation sites (tertiary alicyclic amines) is 1. The number of nitrogens with zero attached hydrogens (tertiary/aromatic N) is 1. The van der Waals surface area contributed by atoms with Crippen LogP contribution in [-0.2, 0) is 9.59 Å². The van der Waals surface area contributed by atoms with E-state index in [-0.39, 0.29) is 11.7 Å². The zero-order valence-corrected chi connectivity index (χ0v) is 19.2. The van der Waals surface area contributed by atoms with Gasteiger partial charge in [-0.3, -0.25) is 9.59 Å². The number of carbonyl (C=O) groups is 2. The summed E-state index contributed by atoms with van der Waals surface area (Å²) in [5.74, 6) is -0.733. The first-order valence-corrected chi connectivity index (χ1v) is 10.7. The van der Waals surface area contributed by atoms with Crippen molar-refractivity contribution in [1.82, 2.24) is 4.90 Å². The third kappa shape index (κ3) is 4.78. The van der Waals surface area contributed by atoms with E-state index >= 15 is 0 Å². The van der Waals surface area contributed by atoms with Crippen LogP contribution in [0.15, 0.2) is 54.1 Å². The van der Waals surface area contributed by atoms with Crippen molar-refractivity contribution in [3.05, 3.63) is 65.2 Å². The Kier molecular flexibility index (Phi) is 7.20. The molecule has 2 aromatic rings. The van der Waals surface area contributed by atoms with Crippen LogP contribution in [0.2, 0.25) is 0 Å². The van der Waals surface area contributed by atoms with Crippen LogP contribution < -0.4 is 19.5 Å². The molecule has 0 radical (unpaired) electrons. The van der Waals surface area contributed by atoms with Gasteiger partial charge in [0, 0.05) is 11.1 Å². The standard InChI is InChI=1S/C25H30N2O5/c1-16(2)32-18-12-10-17(11-13-18)23(28)21-22(19-8-6-7-9-20(19)31-5)27(15-14-26(3)4)25(30)24(21)29/h6-13,16,22,28H,14-15H2,1-5H3/b23-21+. The van der Waals surface area contributed by atoms with Crippen LogP contribution in [0.3, 0.4) is 0 Å². The molecule has 1 saturated heterocycles. The molecule has 0 spiro atoms. The van der Waals surface area contributed by atoms with Gasteiger partial charge in [-0.15, -0.1) is 0 Å². The van der Waals surface area contributed by atoms with Gasteiger partial charge in [0.2, 0.25) is 5.78 Å². The highest BCUT2D eigenvalue weighted by atomic mass is 16.5. The Balaban J connectivity index is 2.12. The maximum Gasteiger partial charge on any atom is 0.295 e. The largest absolute Gasteiger partial charge is 0.872 e. The van der Waals surface area contributed by atoms with Gasteiger partial charge < -0.3 is 24.4 Å². The fourth-order valence-electron chi connectivity index (χ4n) is 3.77. The van der Waals surface area contributed by atoms with Crippen LogP contribution in [0.25, 0.3) is 5.76 Å². The van der Waals surface area contributed by atoms with Crippen molar-refractivity contribution in [3.8, 4) is 11.5 Å². The van der Waals surface area contributed by atoms with E-state index in [0.717, 1.165) is 4.90 Å². The minimum absolute atomic E-state index is 0.00210. The number of carbonyl (C=O) groups excluding carboxylic acids is 2. The predicted octanol–water partition coefficient (Wildman–Crippen LogP) is 0.851. The molecule has 170 valence electrons. The van der Waals surface area contributed by atoms with Crippen molar-refractivity contribution >= 4 is 17.4 Å². The van der Waals surface area contributed by atoms with Crippen molar-refractivity contribution in [2.75, 3.05) is 34.3 Å². The normalized spacial score (nSPS) is 18.0. The van der Waals surface area contributed by atoms with Crippen molar-refractivity contribution in [3.63, 3.8) is 0 Å². The van der Waals surface area contributed by atoms with Gasteiger partial charge in [0.25, 0.3) is 5.91 Å². The number of methoxy groups -OCH3 is 1. The molecule has 1 heterocycles. The summed E-state index contributed by atoms with van der Waals surface area (Å²) in [5.41, 5.74) is 0.897. The number of Topliss-reactive ketones (excluding diaryl/α,β-unsaturated/α-hetero) is 1. The second-order valence-electron chi connectivity index (χ2n) is 8.36. The van der Waals surface area contributed by atoms with Gasteiger partial charge in [-0.1, -0.05) is 36.1 Å². The molecule has 1 fully saturated rings. The fraction of sp³-hybridized carbons (Fsp3) is 0.360. The van der Waals surface area contributed by atoms with E-state index in [1.54, 1.807) is 42.5 Å². The molecule has 2 aromatic carbocycles. The molecule has 0 bridgehead atoms.